The number of rotatable bonds is 6. The van der Waals surface area contributed by atoms with Gasteiger partial charge in [0.25, 0.3) is 0 Å². The third kappa shape index (κ3) is 4.21. The van der Waals surface area contributed by atoms with Gasteiger partial charge in [-0.05, 0) is 45.0 Å². The van der Waals surface area contributed by atoms with E-state index in [1.807, 2.05) is 45.0 Å². The highest BCUT2D eigenvalue weighted by molar-refractivity contribution is 5.91. The topological polar surface area (TPSA) is 59.6 Å². The van der Waals surface area contributed by atoms with Crippen molar-refractivity contribution in [2.75, 3.05) is 25.0 Å². The summed E-state index contributed by atoms with van der Waals surface area (Å²) in [4.78, 5) is 11.8. The lowest BCUT2D eigenvalue weighted by molar-refractivity contribution is -0.130. The molecule has 1 amide bonds. The molecule has 1 heterocycles. The van der Waals surface area contributed by atoms with Gasteiger partial charge in [-0.1, -0.05) is 0 Å². The van der Waals surface area contributed by atoms with Gasteiger partial charge in [-0.25, -0.2) is 0 Å². The van der Waals surface area contributed by atoms with Gasteiger partial charge >= 0.3 is 0 Å². The Labute approximate surface area is 119 Å². The molecule has 0 unspecified atom stereocenters. The molecular formula is C15H22N2O3. The van der Waals surface area contributed by atoms with Crippen LogP contribution in [0.4, 0.5) is 5.69 Å². The van der Waals surface area contributed by atoms with Crippen LogP contribution in [0.25, 0.3) is 0 Å². The van der Waals surface area contributed by atoms with Gasteiger partial charge in [0, 0.05) is 18.8 Å². The Morgan fingerprint density at radius 1 is 1.35 bits per heavy atom. The van der Waals surface area contributed by atoms with E-state index in [2.05, 4.69) is 10.6 Å². The minimum atomic E-state index is -0.202. The summed E-state index contributed by atoms with van der Waals surface area (Å²) in [5, 5.41) is 5.93. The van der Waals surface area contributed by atoms with Crippen molar-refractivity contribution in [2.45, 2.75) is 32.5 Å². The molecule has 0 bridgehead atoms. The summed E-state index contributed by atoms with van der Waals surface area (Å²) in [6.07, 6.45) is 0.140. The molecule has 0 spiro atoms. The third-order valence-electron chi connectivity index (χ3n) is 3.06. The highest BCUT2D eigenvalue weighted by atomic mass is 16.5. The van der Waals surface area contributed by atoms with Gasteiger partial charge in [0.1, 0.15) is 12.4 Å². The van der Waals surface area contributed by atoms with Crippen LogP contribution in [-0.2, 0) is 9.53 Å². The van der Waals surface area contributed by atoms with Crippen molar-refractivity contribution in [3.8, 4) is 5.75 Å². The minimum absolute atomic E-state index is 0.0719. The monoisotopic (exact) mass is 278 g/mol. The highest BCUT2D eigenvalue weighted by Crippen LogP contribution is 2.18. The van der Waals surface area contributed by atoms with Crippen LogP contribution < -0.4 is 15.4 Å². The molecule has 1 fully saturated rings. The largest absolute Gasteiger partial charge is 0.491 e. The smallest absolute Gasteiger partial charge is 0.250 e. The molecule has 2 N–H and O–H groups in total. The molecule has 1 aliphatic rings. The molecule has 0 aliphatic carbocycles. The number of benzene rings is 1. The van der Waals surface area contributed by atoms with Crippen LogP contribution in [-0.4, -0.2) is 37.3 Å². The van der Waals surface area contributed by atoms with Crippen molar-refractivity contribution in [1.82, 2.24) is 5.32 Å². The van der Waals surface area contributed by atoms with E-state index in [4.69, 9.17) is 9.47 Å². The molecule has 0 saturated carbocycles. The summed E-state index contributed by atoms with van der Waals surface area (Å²) in [5.74, 6) is 0.651. The third-order valence-corrected chi connectivity index (χ3v) is 3.06. The number of hydrogen-bond acceptors (Lipinski definition) is 4. The fraction of sp³-hybridized carbons (Fsp3) is 0.533. The molecular weight excluding hydrogens is 256 g/mol. The number of hydrogen-bond donors (Lipinski definition) is 2. The summed E-state index contributed by atoms with van der Waals surface area (Å²) < 4.78 is 11.1. The maximum Gasteiger partial charge on any atom is 0.250 e. The van der Waals surface area contributed by atoms with Gasteiger partial charge in [-0.15, -0.1) is 0 Å². The second-order valence-corrected chi connectivity index (χ2v) is 5.58. The van der Waals surface area contributed by atoms with Crippen LogP contribution in [0.1, 0.15) is 20.8 Å². The van der Waals surface area contributed by atoms with Crippen LogP contribution in [0.15, 0.2) is 24.3 Å². The predicted molar refractivity (Wildman–Crippen MR) is 78.1 cm³/mol. The molecule has 5 heteroatoms. The van der Waals surface area contributed by atoms with Crippen LogP contribution in [0.2, 0.25) is 0 Å². The lowest BCUT2D eigenvalue weighted by Crippen LogP contribution is -2.59. The summed E-state index contributed by atoms with van der Waals surface area (Å²) in [6.45, 7) is 7.60. The van der Waals surface area contributed by atoms with Crippen molar-refractivity contribution in [2.24, 2.45) is 0 Å². The Morgan fingerprint density at radius 3 is 2.50 bits per heavy atom. The van der Waals surface area contributed by atoms with Crippen molar-refractivity contribution in [3.05, 3.63) is 24.3 Å². The first-order chi connectivity index (χ1) is 9.47. The maximum atomic E-state index is 11.8. The zero-order valence-electron chi connectivity index (χ0n) is 12.2. The summed E-state index contributed by atoms with van der Waals surface area (Å²) in [7, 11) is 0. The van der Waals surface area contributed by atoms with Gasteiger partial charge in [0.05, 0.1) is 11.7 Å². The Bertz CT molecular complexity index is 453. The van der Waals surface area contributed by atoms with E-state index in [0.717, 1.165) is 24.5 Å². The van der Waals surface area contributed by atoms with Crippen molar-refractivity contribution in [1.29, 1.82) is 0 Å². The Morgan fingerprint density at radius 2 is 2.00 bits per heavy atom. The Hall–Kier alpha value is -1.59. The SMILES string of the molecule is CC(C)Oc1ccc(NC(=O)COC2(C)CNC2)cc1. The molecule has 0 atom stereocenters. The van der Waals surface area contributed by atoms with E-state index in [9.17, 15) is 4.79 Å². The number of nitrogens with one attached hydrogen (secondary N) is 2. The van der Waals surface area contributed by atoms with Crippen LogP contribution in [0, 0.1) is 0 Å². The quantitative estimate of drug-likeness (QED) is 0.833. The number of anilines is 1. The van der Waals surface area contributed by atoms with Crippen molar-refractivity contribution >= 4 is 11.6 Å². The first-order valence-electron chi connectivity index (χ1n) is 6.88. The number of carbonyl (C=O) groups is 1. The molecule has 110 valence electrons. The number of ether oxygens (including phenoxy) is 2. The first-order valence-corrected chi connectivity index (χ1v) is 6.88. The minimum Gasteiger partial charge on any atom is -0.491 e. The van der Waals surface area contributed by atoms with E-state index < -0.39 is 0 Å². The van der Waals surface area contributed by atoms with Crippen LogP contribution in [0.5, 0.6) is 5.75 Å². The van der Waals surface area contributed by atoms with Crippen molar-refractivity contribution in [3.63, 3.8) is 0 Å². The van der Waals surface area contributed by atoms with E-state index in [0.29, 0.717) is 0 Å². The molecule has 1 aromatic rings. The lowest BCUT2D eigenvalue weighted by atomic mass is 10.0. The fourth-order valence-electron chi connectivity index (χ4n) is 1.90. The van der Waals surface area contributed by atoms with Crippen LogP contribution >= 0.6 is 0 Å². The number of amides is 1. The average Bonchev–Trinajstić information content (AvgIpc) is 2.36. The lowest BCUT2D eigenvalue weighted by Gasteiger charge is -2.38. The summed E-state index contributed by atoms with van der Waals surface area (Å²) in [6, 6.07) is 7.33. The second kappa shape index (κ2) is 6.24. The maximum absolute atomic E-state index is 11.8. The summed E-state index contributed by atoms with van der Waals surface area (Å²) in [5.41, 5.74) is 0.540. The van der Waals surface area contributed by atoms with E-state index in [1.165, 1.54) is 0 Å². The molecule has 5 nitrogen and oxygen atoms in total. The molecule has 20 heavy (non-hydrogen) atoms. The normalized spacial score (nSPS) is 16.6. The molecule has 1 saturated heterocycles. The van der Waals surface area contributed by atoms with Gasteiger partial charge in [0.15, 0.2) is 0 Å². The first kappa shape index (κ1) is 14.8. The van der Waals surface area contributed by atoms with Gasteiger partial charge in [-0.3, -0.25) is 4.79 Å². The van der Waals surface area contributed by atoms with E-state index in [1.54, 1.807) is 0 Å². The summed E-state index contributed by atoms with van der Waals surface area (Å²) >= 11 is 0. The Balaban J connectivity index is 1.78. The van der Waals surface area contributed by atoms with E-state index >= 15 is 0 Å². The predicted octanol–water partition coefficient (Wildman–Crippen LogP) is 1.79. The fourth-order valence-corrected chi connectivity index (χ4v) is 1.90. The molecule has 1 aromatic carbocycles. The zero-order valence-corrected chi connectivity index (χ0v) is 12.2. The second-order valence-electron chi connectivity index (χ2n) is 5.58. The van der Waals surface area contributed by atoms with Gasteiger partial charge in [0.2, 0.25) is 5.91 Å². The van der Waals surface area contributed by atoms with Crippen LogP contribution in [0.3, 0.4) is 0 Å². The highest BCUT2D eigenvalue weighted by Gasteiger charge is 2.32. The average molecular weight is 278 g/mol. The molecule has 1 aliphatic heterocycles. The Kier molecular flexibility index (Phi) is 4.62. The van der Waals surface area contributed by atoms with Gasteiger partial charge in [-0.2, -0.15) is 0 Å². The zero-order chi connectivity index (χ0) is 14.6. The standard InChI is InChI=1S/C15H22N2O3/c1-11(2)20-13-6-4-12(5-7-13)17-14(18)8-19-15(3)9-16-10-15/h4-7,11,16H,8-10H2,1-3H3,(H,17,18). The molecule has 0 aromatic heterocycles. The van der Waals surface area contributed by atoms with Gasteiger partial charge < -0.3 is 20.1 Å². The number of carbonyl (C=O) groups excluding carboxylic acids is 1. The molecule has 2 rings (SSSR count). The molecule has 0 radical (unpaired) electrons. The van der Waals surface area contributed by atoms with E-state index in [-0.39, 0.29) is 24.2 Å². The van der Waals surface area contributed by atoms with Crippen molar-refractivity contribution < 1.29 is 14.3 Å².